The van der Waals surface area contributed by atoms with Crippen LogP contribution in [0.2, 0.25) is 5.02 Å². The lowest BCUT2D eigenvalue weighted by Gasteiger charge is -2.08. The number of ether oxygens (including phenoxy) is 1. The van der Waals surface area contributed by atoms with Crippen molar-refractivity contribution in [2.45, 2.75) is 12.8 Å². The lowest BCUT2D eigenvalue weighted by atomic mass is 10.2. The summed E-state index contributed by atoms with van der Waals surface area (Å²) in [5, 5.41) is 3.60. The van der Waals surface area contributed by atoms with E-state index in [-0.39, 0.29) is 24.3 Å². The SMILES string of the molecule is O=C(CCc1nc2ccccc2c(=O)[nH]1)Oc1ccc(NC(=O)c2ccccc2Cl)cc1. The molecule has 0 aliphatic carbocycles. The van der Waals surface area contributed by atoms with E-state index in [0.717, 1.165) is 0 Å². The van der Waals surface area contributed by atoms with Gasteiger partial charge in [0.15, 0.2) is 0 Å². The number of para-hydroxylation sites is 1. The van der Waals surface area contributed by atoms with Crippen molar-refractivity contribution in [3.05, 3.63) is 99.6 Å². The van der Waals surface area contributed by atoms with Crippen molar-refractivity contribution in [3.8, 4) is 5.75 Å². The van der Waals surface area contributed by atoms with Crippen molar-refractivity contribution in [2.75, 3.05) is 5.32 Å². The molecular formula is C24H18ClN3O4. The number of H-pyrrole nitrogens is 1. The van der Waals surface area contributed by atoms with Gasteiger partial charge in [-0.05, 0) is 48.5 Å². The van der Waals surface area contributed by atoms with Crippen molar-refractivity contribution < 1.29 is 14.3 Å². The summed E-state index contributed by atoms with van der Waals surface area (Å²) in [5.41, 5.74) is 1.24. The van der Waals surface area contributed by atoms with Gasteiger partial charge in [-0.25, -0.2) is 4.98 Å². The molecule has 8 heteroatoms. The molecule has 0 saturated carbocycles. The number of aromatic nitrogens is 2. The number of nitrogens with one attached hydrogen (secondary N) is 2. The van der Waals surface area contributed by atoms with Crippen molar-refractivity contribution >= 4 is 40.1 Å². The van der Waals surface area contributed by atoms with E-state index >= 15 is 0 Å². The van der Waals surface area contributed by atoms with Gasteiger partial charge in [-0.3, -0.25) is 14.4 Å². The Hall–Kier alpha value is -3.97. The standard InChI is InChI=1S/C24H18ClN3O4/c25-19-7-3-1-5-17(19)23(30)26-15-9-11-16(12-10-15)32-22(29)14-13-21-27-20-8-4-2-6-18(20)24(31)28-21/h1-12H,13-14H2,(H,26,30)(H,27,28,31). The summed E-state index contributed by atoms with van der Waals surface area (Å²) in [5.74, 6) is -0.0418. The number of rotatable bonds is 6. The van der Waals surface area contributed by atoms with Crippen LogP contribution in [-0.2, 0) is 11.2 Å². The number of nitrogens with zero attached hydrogens (tertiary/aromatic N) is 1. The molecule has 0 spiro atoms. The molecule has 0 radical (unpaired) electrons. The van der Waals surface area contributed by atoms with Crippen LogP contribution in [0.15, 0.2) is 77.6 Å². The largest absolute Gasteiger partial charge is 0.427 e. The van der Waals surface area contributed by atoms with Crippen LogP contribution in [0, 0.1) is 0 Å². The van der Waals surface area contributed by atoms with Crippen molar-refractivity contribution in [1.29, 1.82) is 0 Å². The third-order valence-electron chi connectivity index (χ3n) is 4.69. The summed E-state index contributed by atoms with van der Waals surface area (Å²) in [4.78, 5) is 43.7. The molecule has 4 aromatic rings. The third kappa shape index (κ3) is 5.01. The van der Waals surface area contributed by atoms with Crippen LogP contribution < -0.4 is 15.6 Å². The van der Waals surface area contributed by atoms with Crippen molar-refractivity contribution in [1.82, 2.24) is 9.97 Å². The quantitative estimate of drug-likeness (QED) is 0.337. The molecule has 1 aromatic heterocycles. The van der Waals surface area contributed by atoms with Gasteiger partial charge >= 0.3 is 5.97 Å². The van der Waals surface area contributed by atoms with Crippen LogP contribution in [0.4, 0.5) is 5.69 Å². The zero-order chi connectivity index (χ0) is 22.5. The van der Waals surface area contributed by atoms with Crippen LogP contribution >= 0.6 is 11.6 Å². The van der Waals surface area contributed by atoms with Gasteiger partial charge < -0.3 is 15.0 Å². The Morgan fingerprint density at radius 3 is 2.47 bits per heavy atom. The van der Waals surface area contributed by atoms with Crippen LogP contribution in [0.5, 0.6) is 5.75 Å². The van der Waals surface area contributed by atoms with Gasteiger partial charge in [0, 0.05) is 12.1 Å². The summed E-state index contributed by atoms with van der Waals surface area (Å²) in [6.07, 6.45) is 0.289. The molecule has 7 nitrogen and oxygen atoms in total. The second kappa shape index (κ2) is 9.45. The first-order chi connectivity index (χ1) is 15.5. The zero-order valence-electron chi connectivity index (χ0n) is 16.8. The van der Waals surface area contributed by atoms with Crippen molar-refractivity contribution in [3.63, 3.8) is 0 Å². The number of amides is 1. The van der Waals surface area contributed by atoms with Gasteiger partial charge in [0.2, 0.25) is 0 Å². The number of fused-ring (bicyclic) bond motifs is 1. The molecule has 0 saturated heterocycles. The van der Waals surface area contributed by atoms with E-state index in [0.29, 0.717) is 38.8 Å². The maximum Gasteiger partial charge on any atom is 0.311 e. The number of carbonyl (C=O) groups excluding carboxylic acids is 2. The number of hydrogen-bond acceptors (Lipinski definition) is 5. The Morgan fingerprint density at radius 1 is 0.969 bits per heavy atom. The lowest BCUT2D eigenvalue weighted by molar-refractivity contribution is -0.134. The van der Waals surface area contributed by atoms with Crippen LogP contribution in [-0.4, -0.2) is 21.8 Å². The van der Waals surface area contributed by atoms with Gasteiger partial charge in [-0.15, -0.1) is 0 Å². The van der Waals surface area contributed by atoms with E-state index in [2.05, 4.69) is 15.3 Å². The zero-order valence-corrected chi connectivity index (χ0v) is 17.6. The predicted octanol–water partition coefficient (Wildman–Crippen LogP) is 4.37. The van der Waals surface area contributed by atoms with E-state index in [4.69, 9.17) is 16.3 Å². The molecule has 0 atom stereocenters. The fourth-order valence-corrected chi connectivity index (χ4v) is 3.33. The Balaban J connectivity index is 1.33. The molecule has 0 bridgehead atoms. The van der Waals surface area contributed by atoms with Gasteiger partial charge in [-0.1, -0.05) is 35.9 Å². The molecule has 160 valence electrons. The molecule has 0 fully saturated rings. The minimum atomic E-state index is -0.464. The molecule has 0 aliphatic heterocycles. The molecule has 32 heavy (non-hydrogen) atoms. The van der Waals surface area contributed by atoms with E-state index in [1.54, 1.807) is 72.8 Å². The Labute approximate surface area is 188 Å². The molecule has 0 aliphatic rings. The molecule has 1 heterocycles. The summed E-state index contributed by atoms with van der Waals surface area (Å²) >= 11 is 6.04. The number of hydrogen-bond donors (Lipinski definition) is 2. The Kier molecular flexibility index (Phi) is 6.28. The van der Waals surface area contributed by atoms with Gasteiger partial charge in [0.1, 0.15) is 11.6 Å². The number of aryl methyl sites for hydroxylation is 1. The Bertz CT molecular complexity index is 1350. The third-order valence-corrected chi connectivity index (χ3v) is 5.02. The summed E-state index contributed by atoms with van der Waals surface area (Å²) in [6.45, 7) is 0. The first-order valence-corrected chi connectivity index (χ1v) is 10.2. The molecule has 2 N–H and O–H groups in total. The highest BCUT2D eigenvalue weighted by Gasteiger charge is 2.11. The fraction of sp³-hybridized carbons (Fsp3) is 0.0833. The summed E-state index contributed by atoms with van der Waals surface area (Å²) in [6, 6.07) is 20.2. The van der Waals surface area contributed by atoms with E-state index in [1.807, 2.05) is 0 Å². The number of esters is 1. The maximum absolute atomic E-state index is 12.3. The minimum Gasteiger partial charge on any atom is -0.427 e. The number of anilines is 1. The van der Waals surface area contributed by atoms with E-state index in [1.165, 1.54) is 0 Å². The highest BCUT2D eigenvalue weighted by molar-refractivity contribution is 6.34. The molecule has 4 rings (SSSR count). The fourth-order valence-electron chi connectivity index (χ4n) is 3.11. The van der Waals surface area contributed by atoms with Crippen LogP contribution in [0.3, 0.4) is 0 Å². The van der Waals surface area contributed by atoms with Gasteiger partial charge in [0.25, 0.3) is 11.5 Å². The average Bonchev–Trinajstić information content (AvgIpc) is 2.79. The smallest absolute Gasteiger partial charge is 0.311 e. The number of aromatic amines is 1. The molecular weight excluding hydrogens is 430 g/mol. The first kappa shape index (κ1) is 21.3. The molecule has 3 aromatic carbocycles. The summed E-state index contributed by atoms with van der Waals surface area (Å²) in [7, 11) is 0. The van der Waals surface area contributed by atoms with Crippen molar-refractivity contribution in [2.24, 2.45) is 0 Å². The molecule has 1 amide bonds. The second-order valence-corrected chi connectivity index (χ2v) is 7.37. The van der Waals surface area contributed by atoms with E-state index in [9.17, 15) is 14.4 Å². The first-order valence-electron chi connectivity index (χ1n) is 9.84. The van der Waals surface area contributed by atoms with Gasteiger partial charge in [0.05, 0.1) is 27.9 Å². The number of halogens is 1. The number of carbonyl (C=O) groups is 2. The lowest BCUT2D eigenvalue weighted by Crippen LogP contribution is -2.15. The maximum atomic E-state index is 12.3. The summed E-state index contributed by atoms with van der Waals surface area (Å²) < 4.78 is 5.33. The normalized spacial score (nSPS) is 10.7. The number of benzene rings is 3. The monoisotopic (exact) mass is 447 g/mol. The van der Waals surface area contributed by atoms with Crippen LogP contribution in [0.25, 0.3) is 10.9 Å². The predicted molar refractivity (Wildman–Crippen MR) is 122 cm³/mol. The highest BCUT2D eigenvalue weighted by atomic mass is 35.5. The molecule has 0 unspecified atom stereocenters. The van der Waals surface area contributed by atoms with Gasteiger partial charge in [-0.2, -0.15) is 0 Å². The Morgan fingerprint density at radius 2 is 1.69 bits per heavy atom. The minimum absolute atomic E-state index is 0.0479. The second-order valence-electron chi connectivity index (χ2n) is 6.96. The van der Waals surface area contributed by atoms with E-state index < -0.39 is 5.97 Å². The highest BCUT2D eigenvalue weighted by Crippen LogP contribution is 2.20. The van der Waals surface area contributed by atoms with Crippen LogP contribution in [0.1, 0.15) is 22.6 Å². The topological polar surface area (TPSA) is 101 Å². The average molecular weight is 448 g/mol.